The van der Waals surface area contributed by atoms with Gasteiger partial charge >= 0.3 is 5.97 Å². The maximum atomic E-state index is 13.4. The third kappa shape index (κ3) is 2.59. The molecule has 88 valence electrons. The van der Waals surface area contributed by atoms with Crippen molar-refractivity contribution in [3.8, 4) is 0 Å². The minimum Gasteiger partial charge on any atom is -0.479 e. The fourth-order valence-corrected chi connectivity index (χ4v) is 1.94. The summed E-state index contributed by atoms with van der Waals surface area (Å²) in [5.74, 6) is -1.59. The number of rotatable bonds is 4. The first-order valence-electron chi connectivity index (χ1n) is 4.80. The number of carbonyl (C=O) groups is 1. The average molecular weight is 252 g/mol. The summed E-state index contributed by atoms with van der Waals surface area (Å²) in [6.07, 6.45) is 0. The summed E-state index contributed by atoms with van der Waals surface area (Å²) in [7, 11) is 0. The van der Waals surface area contributed by atoms with E-state index < -0.39 is 17.8 Å². The van der Waals surface area contributed by atoms with Crippen LogP contribution in [0.3, 0.4) is 0 Å². The molecule has 1 aromatic carbocycles. The van der Waals surface area contributed by atoms with Crippen molar-refractivity contribution >= 4 is 23.0 Å². The molecule has 17 heavy (non-hydrogen) atoms. The van der Waals surface area contributed by atoms with Crippen LogP contribution in [-0.4, -0.2) is 16.1 Å². The molecule has 2 rings (SSSR count). The van der Waals surface area contributed by atoms with E-state index in [2.05, 4.69) is 10.3 Å². The molecule has 0 aliphatic heterocycles. The first kappa shape index (κ1) is 11.5. The number of nitrogens with zero attached hydrogens (tertiary/aromatic N) is 1. The van der Waals surface area contributed by atoms with Gasteiger partial charge < -0.3 is 10.4 Å². The van der Waals surface area contributed by atoms with E-state index in [4.69, 9.17) is 5.11 Å². The van der Waals surface area contributed by atoms with Crippen LogP contribution in [0.25, 0.3) is 0 Å². The highest BCUT2D eigenvalue weighted by atomic mass is 32.1. The number of hydrogen-bond acceptors (Lipinski definition) is 4. The zero-order valence-electron chi connectivity index (χ0n) is 8.63. The standard InChI is InChI=1S/C11H9FN2O2S/c12-7-3-1-2-4-8(7)14-10(11(15)16)9-5-17-6-13-9/h1-6,10,14H,(H,15,16). The lowest BCUT2D eigenvalue weighted by Gasteiger charge is -2.14. The molecule has 6 heteroatoms. The number of carboxylic acid groups (broad SMARTS) is 1. The number of para-hydroxylation sites is 1. The predicted molar refractivity (Wildman–Crippen MR) is 62.5 cm³/mol. The number of carboxylic acids is 1. The molecular weight excluding hydrogens is 243 g/mol. The fourth-order valence-electron chi connectivity index (χ4n) is 1.36. The van der Waals surface area contributed by atoms with Gasteiger partial charge in [0.25, 0.3) is 0 Å². The van der Waals surface area contributed by atoms with E-state index in [1.54, 1.807) is 17.5 Å². The van der Waals surface area contributed by atoms with E-state index in [0.29, 0.717) is 5.69 Å². The second kappa shape index (κ2) is 4.92. The lowest BCUT2D eigenvalue weighted by molar-refractivity contribution is -0.138. The fraction of sp³-hybridized carbons (Fsp3) is 0.0909. The molecule has 1 unspecified atom stereocenters. The van der Waals surface area contributed by atoms with Crippen molar-refractivity contribution in [2.75, 3.05) is 5.32 Å². The van der Waals surface area contributed by atoms with Crippen LogP contribution in [-0.2, 0) is 4.79 Å². The van der Waals surface area contributed by atoms with Crippen LogP contribution >= 0.6 is 11.3 Å². The molecule has 0 aliphatic rings. The third-order valence-corrected chi connectivity index (χ3v) is 2.77. The van der Waals surface area contributed by atoms with Gasteiger partial charge in [-0.3, -0.25) is 0 Å². The molecule has 1 aromatic heterocycles. The summed E-state index contributed by atoms with van der Waals surface area (Å²) >= 11 is 1.29. The van der Waals surface area contributed by atoms with E-state index in [1.165, 1.54) is 29.0 Å². The molecular formula is C11H9FN2O2S. The predicted octanol–water partition coefficient (Wildman–Crippen LogP) is 2.52. The van der Waals surface area contributed by atoms with Gasteiger partial charge in [-0.1, -0.05) is 12.1 Å². The van der Waals surface area contributed by atoms with Crippen LogP contribution in [0.1, 0.15) is 11.7 Å². The van der Waals surface area contributed by atoms with Crippen molar-refractivity contribution in [3.63, 3.8) is 0 Å². The summed E-state index contributed by atoms with van der Waals surface area (Å²) in [5.41, 5.74) is 2.05. The van der Waals surface area contributed by atoms with Gasteiger partial charge in [-0.25, -0.2) is 14.2 Å². The SMILES string of the molecule is O=C(O)C(Nc1ccccc1F)c1cscn1. The zero-order chi connectivity index (χ0) is 12.3. The molecule has 0 radical (unpaired) electrons. The number of anilines is 1. The van der Waals surface area contributed by atoms with Crippen molar-refractivity contribution in [1.82, 2.24) is 4.98 Å². The number of nitrogens with one attached hydrogen (secondary N) is 1. The van der Waals surface area contributed by atoms with Crippen molar-refractivity contribution in [2.45, 2.75) is 6.04 Å². The highest BCUT2D eigenvalue weighted by Crippen LogP contribution is 2.21. The van der Waals surface area contributed by atoms with Crippen LogP contribution < -0.4 is 5.32 Å². The van der Waals surface area contributed by atoms with Gasteiger partial charge in [-0.15, -0.1) is 11.3 Å². The van der Waals surface area contributed by atoms with E-state index in [0.717, 1.165) is 0 Å². The molecule has 0 amide bonds. The Balaban J connectivity index is 2.26. The minimum absolute atomic E-state index is 0.146. The van der Waals surface area contributed by atoms with Gasteiger partial charge in [0.2, 0.25) is 0 Å². The first-order valence-corrected chi connectivity index (χ1v) is 5.74. The van der Waals surface area contributed by atoms with Crippen LogP contribution in [0, 0.1) is 5.82 Å². The van der Waals surface area contributed by atoms with Gasteiger partial charge in [-0.2, -0.15) is 0 Å². The molecule has 0 aliphatic carbocycles. The monoisotopic (exact) mass is 252 g/mol. The zero-order valence-corrected chi connectivity index (χ0v) is 9.45. The molecule has 0 bridgehead atoms. The van der Waals surface area contributed by atoms with E-state index in [9.17, 15) is 9.18 Å². The van der Waals surface area contributed by atoms with Crippen LogP contribution in [0.5, 0.6) is 0 Å². The second-order valence-electron chi connectivity index (χ2n) is 3.31. The third-order valence-electron chi connectivity index (χ3n) is 2.17. The lowest BCUT2D eigenvalue weighted by atomic mass is 10.2. The summed E-state index contributed by atoms with van der Waals surface area (Å²) < 4.78 is 13.4. The number of thiazole rings is 1. The Kier molecular flexibility index (Phi) is 3.34. The van der Waals surface area contributed by atoms with E-state index in [-0.39, 0.29) is 5.69 Å². The summed E-state index contributed by atoms with van der Waals surface area (Å²) in [4.78, 5) is 15.0. The Hall–Kier alpha value is -1.95. The number of aliphatic carboxylic acids is 1. The molecule has 1 heterocycles. The smallest absolute Gasteiger partial charge is 0.332 e. The van der Waals surface area contributed by atoms with Gasteiger partial charge in [0.05, 0.1) is 16.9 Å². The van der Waals surface area contributed by atoms with Gasteiger partial charge in [0.1, 0.15) is 5.82 Å². The highest BCUT2D eigenvalue weighted by molar-refractivity contribution is 7.07. The molecule has 2 aromatic rings. The molecule has 2 N–H and O–H groups in total. The highest BCUT2D eigenvalue weighted by Gasteiger charge is 2.22. The van der Waals surface area contributed by atoms with Crippen LogP contribution in [0.2, 0.25) is 0 Å². The Morgan fingerprint density at radius 2 is 2.24 bits per heavy atom. The molecule has 4 nitrogen and oxygen atoms in total. The Morgan fingerprint density at radius 3 is 2.82 bits per heavy atom. The molecule has 0 spiro atoms. The average Bonchev–Trinajstić information content (AvgIpc) is 2.81. The summed E-state index contributed by atoms with van der Waals surface area (Å²) in [6.45, 7) is 0. The van der Waals surface area contributed by atoms with E-state index >= 15 is 0 Å². The van der Waals surface area contributed by atoms with Crippen LogP contribution in [0.4, 0.5) is 10.1 Å². The van der Waals surface area contributed by atoms with Gasteiger partial charge in [0, 0.05) is 5.38 Å². The maximum Gasteiger partial charge on any atom is 0.332 e. The Labute approximate surface area is 101 Å². The first-order chi connectivity index (χ1) is 8.18. The Morgan fingerprint density at radius 1 is 1.47 bits per heavy atom. The number of benzene rings is 1. The molecule has 0 saturated heterocycles. The number of hydrogen-bond donors (Lipinski definition) is 2. The van der Waals surface area contributed by atoms with Gasteiger partial charge in [0.15, 0.2) is 6.04 Å². The topological polar surface area (TPSA) is 62.2 Å². The summed E-state index contributed by atoms with van der Waals surface area (Å²) in [5, 5.41) is 13.3. The quantitative estimate of drug-likeness (QED) is 0.877. The molecule has 0 saturated carbocycles. The molecule has 0 fully saturated rings. The van der Waals surface area contributed by atoms with Crippen molar-refractivity contribution < 1.29 is 14.3 Å². The van der Waals surface area contributed by atoms with Crippen molar-refractivity contribution in [1.29, 1.82) is 0 Å². The van der Waals surface area contributed by atoms with Crippen LogP contribution in [0.15, 0.2) is 35.2 Å². The largest absolute Gasteiger partial charge is 0.479 e. The maximum absolute atomic E-state index is 13.4. The number of aromatic nitrogens is 1. The summed E-state index contributed by atoms with van der Waals surface area (Å²) in [6, 6.07) is 4.88. The Bertz CT molecular complexity index is 516. The van der Waals surface area contributed by atoms with Crippen molar-refractivity contribution in [3.05, 3.63) is 46.7 Å². The van der Waals surface area contributed by atoms with Gasteiger partial charge in [-0.05, 0) is 12.1 Å². The lowest BCUT2D eigenvalue weighted by Crippen LogP contribution is -2.21. The normalized spacial score (nSPS) is 12.1. The minimum atomic E-state index is -1.10. The molecule has 1 atom stereocenters. The van der Waals surface area contributed by atoms with Crippen molar-refractivity contribution in [2.24, 2.45) is 0 Å². The number of halogens is 1. The second-order valence-corrected chi connectivity index (χ2v) is 4.03. The van der Waals surface area contributed by atoms with E-state index in [1.807, 2.05) is 0 Å².